The topological polar surface area (TPSA) is 102 Å². The Kier molecular flexibility index (Phi) is 5.94. The van der Waals surface area contributed by atoms with Crippen molar-refractivity contribution < 1.29 is 19.2 Å². The Morgan fingerprint density at radius 1 is 1.22 bits per heavy atom. The second-order valence-electron chi connectivity index (χ2n) is 5.75. The van der Waals surface area contributed by atoms with Gasteiger partial charge in [-0.2, -0.15) is 0 Å². The Morgan fingerprint density at radius 2 is 2.00 bits per heavy atom. The van der Waals surface area contributed by atoms with Crippen LogP contribution < -0.4 is 5.32 Å². The maximum Gasteiger partial charge on any atom is 0.270 e. The predicted molar refractivity (Wildman–Crippen MR) is 100 cm³/mol. The van der Waals surface area contributed by atoms with E-state index in [-0.39, 0.29) is 17.3 Å². The highest BCUT2D eigenvalue weighted by Gasteiger charge is 2.23. The first-order valence-electron chi connectivity index (χ1n) is 8.22. The number of nitro benzene ring substituents is 1. The fraction of sp³-hybridized carbons (Fsp3) is 0.222. The molecular weight excluding hydrogens is 370 g/mol. The van der Waals surface area contributed by atoms with Crippen molar-refractivity contribution in [2.24, 2.45) is 0 Å². The number of carbonyl (C=O) groups excluding carboxylic acids is 2. The number of morpholine rings is 1. The van der Waals surface area contributed by atoms with Gasteiger partial charge in [-0.25, -0.2) is 0 Å². The fourth-order valence-electron chi connectivity index (χ4n) is 2.57. The van der Waals surface area contributed by atoms with Crippen molar-refractivity contribution in [1.82, 2.24) is 10.2 Å². The van der Waals surface area contributed by atoms with Gasteiger partial charge in [0.1, 0.15) is 5.70 Å². The molecule has 0 aliphatic carbocycles. The molecule has 1 fully saturated rings. The predicted octanol–water partition coefficient (Wildman–Crippen LogP) is 2.29. The van der Waals surface area contributed by atoms with Crippen LogP contribution in [0.1, 0.15) is 15.2 Å². The first-order valence-corrected chi connectivity index (χ1v) is 9.10. The highest BCUT2D eigenvalue weighted by molar-refractivity contribution is 7.12. The number of benzene rings is 1. The summed E-state index contributed by atoms with van der Waals surface area (Å²) in [5.74, 6) is -0.752. The van der Waals surface area contributed by atoms with Gasteiger partial charge in [0, 0.05) is 25.2 Å². The van der Waals surface area contributed by atoms with Gasteiger partial charge in [0.25, 0.3) is 17.5 Å². The molecule has 0 atom stereocenters. The highest BCUT2D eigenvalue weighted by Crippen LogP contribution is 2.17. The number of ether oxygens (including phenoxy) is 1. The number of nitro groups is 1. The summed E-state index contributed by atoms with van der Waals surface area (Å²) in [4.78, 5) is 37.8. The largest absolute Gasteiger partial charge is 0.378 e. The number of hydrogen-bond donors (Lipinski definition) is 1. The zero-order chi connectivity index (χ0) is 19.2. The molecule has 2 heterocycles. The lowest BCUT2D eigenvalue weighted by molar-refractivity contribution is -0.384. The van der Waals surface area contributed by atoms with E-state index in [2.05, 4.69) is 5.32 Å². The third-order valence-corrected chi connectivity index (χ3v) is 4.78. The molecule has 0 spiro atoms. The first-order chi connectivity index (χ1) is 13.0. The lowest BCUT2D eigenvalue weighted by Crippen LogP contribution is -2.44. The second-order valence-corrected chi connectivity index (χ2v) is 6.69. The van der Waals surface area contributed by atoms with Crippen LogP contribution in [0.2, 0.25) is 0 Å². The Hall–Kier alpha value is -3.04. The molecule has 140 valence electrons. The van der Waals surface area contributed by atoms with Crippen molar-refractivity contribution in [2.75, 3.05) is 26.3 Å². The number of hydrogen-bond acceptors (Lipinski definition) is 6. The highest BCUT2D eigenvalue weighted by atomic mass is 32.1. The second kappa shape index (κ2) is 8.56. The van der Waals surface area contributed by atoms with Crippen LogP contribution >= 0.6 is 11.3 Å². The van der Waals surface area contributed by atoms with Gasteiger partial charge in [0.15, 0.2) is 0 Å². The summed E-state index contributed by atoms with van der Waals surface area (Å²) in [5, 5.41) is 15.4. The molecule has 1 saturated heterocycles. The SMILES string of the molecule is O=C(NC(=Cc1cccc([N+](=O)[O-])c1)C(=O)N1CCOCC1)c1cccs1. The molecule has 2 aromatic rings. The molecule has 0 unspecified atom stereocenters. The van der Waals surface area contributed by atoms with Crippen LogP contribution in [0.3, 0.4) is 0 Å². The van der Waals surface area contributed by atoms with Crippen LogP contribution in [-0.2, 0) is 9.53 Å². The van der Waals surface area contributed by atoms with E-state index in [9.17, 15) is 19.7 Å². The number of rotatable bonds is 5. The van der Waals surface area contributed by atoms with E-state index in [1.54, 1.807) is 28.5 Å². The van der Waals surface area contributed by atoms with Gasteiger partial charge in [-0.15, -0.1) is 11.3 Å². The number of amides is 2. The van der Waals surface area contributed by atoms with E-state index >= 15 is 0 Å². The number of nitrogens with zero attached hydrogens (tertiary/aromatic N) is 2. The Morgan fingerprint density at radius 3 is 2.67 bits per heavy atom. The molecule has 9 heteroatoms. The third-order valence-electron chi connectivity index (χ3n) is 3.91. The summed E-state index contributed by atoms with van der Waals surface area (Å²) in [5.41, 5.74) is 0.426. The van der Waals surface area contributed by atoms with Crippen molar-refractivity contribution in [3.8, 4) is 0 Å². The Labute approximate surface area is 159 Å². The molecule has 1 aliphatic rings. The van der Waals surface area contributed by atoms with Gasteiger partial charge in [-0.05, 0) is 23.1 Å². The van der Waals surface area contributed by atoms with Crippen LogP contribution in [0.5, 0.6) is 0 Å². The van der Waals surface area contributed by atoms with Crippen molar-refractivity contribution in [3.05, 3.63) is 68.0 Å². The van der Waals surface area contributed by atoms with E-state index in [1.807, 2.05) is 0 Å². The number of thiophene rings is 1. The van der Waals surface area contributed by atoms with Gasteiger partial charge in [-0.1, -0.05) is 18.2 Å². The van der Waals surface area contributed by atoms with E-state index in [0.29, 0.717) is 36.7 Å². The molecule has 1 aromatic heterocycles. The standard InChI is InChI=1S/C18H17N3O5S/c22-17(16-5-2-10-27-16)19-15(18(23)20-6-8-26-9-7-20)12-13-3-1-4-14(11-13)21(24)25/h1-5,10-12H,6-9H2,(H,19,22). The first kappa shape index (κ1) is 18.7. The Balaban J connectivity index is 1.90. The lowest BCUT2D eigenvalue weighted by atomic mass is 10.1. The van der Waals surface area contributed by atoms with Crippen LogP contribution in [0.15, 0.2) is 47.5 Å². The van der Waals surface area contributed by atoms with E-state index in [0.717, 1.165) is 0 Å². The summed E-state index contributed by atoms with van der Waals surface area (Å²) >= 11 is 1.26. The molecule has 1 N–H and O–H groups in total. The van der Waals surface area contributed by atoms with Crippen molar-refractivity contribution in [3.63, 3.8) is 0 Å². The molecule has 1 aromatic carbocycles. The normalized spacial score (nSPS) is 14.7. The molecule has 0 bridgehead atoms. The maximum absolute atomic E-state index is 12.9. The molecule has 3 rings (SSSR count). The Bertz CT molecular complexity index is 873. The van der Waals surface area contributed by atoms with Gasteiger partial charge in [0.2, 0.25) is 0 Å². The molecule has 2 amide bonds. The monoisotopic (exact) mass is 387 g/mol. The van der Waals surface area contributed by atoms with Crippen LogP contribution in [0, 0.1) is 10.1 Å². The van der Waals surface area contributed by atoms with Gasteiger partial charge in [-0.3, -0.25) is 19.7 Å². The number of carbonyl (C=O) groups is 2. The molecule has 27 heavy (non-hydrogen) atoms. The fourth-order valence-corrected chi connectivity index (χ4v) is 3.19. The summed E-state index contributed by atoms with van der Waals surface area (Å²) in [6.45, 7) is 1.68. The molecule has 0 radical (unpaired) electrons. The minimum atomic E-state index is -0.509. The zero-order valence-electron chi connectivity index (χ0n) is 14.3. The summed E-state index contributed by atoms with van der Waals surface area (Å²) < 4.78 is 5.26. The summed E-state index contributed by atoms with van der Waals surface area (Å²) in [7, 11) is 0. The molecule has 8 nitrogen and oxygen atoms in total. The molecule has 0 saturated carbocycles. The van der Waals surface area contributed by atoms with Crippen LogP contribution in [0.4, 0.5) is 5.69 Å². The summed E-state index contributed by atoms with van der Waals surface area (Å²) in [6, 6.07) is 9.28. The minimum Gasteiger partial charge on any atom is -0.378 e. The van der Waals surface area contributed by atoms with E-state index in [1.165, 1.54) is 35.6 Å². The van der Waals surface area contributed by atoms with E-state index < -0.39 is 10.8 Å². The number of nitrogens with one attached hydrogen (secondary N) is 1. The van der Waals surface area contributed by atoms with Gasteiger partial charge in [0.05, 0.1) is 23.0 Å². The number of non-ortho nitro benzene ring substituents is 1. The summed E-state index contributed by atoms with van der Waals surface area (Å²) in [6.07, 6.45) is 1.45. The van der Waals surface area contributed by atoms with Crippen molar-refractivity contribution >= 4 is 34.9 Å². The van der Waals surface area contributed by atoms with Gasteiger partial charge >= 0.3 is 0 Å². The zero-order valence-corrected chi connectivity index (χ0v) is 15.1. The van der Waals surface area contributed by atoms with Crippen LogP contribution in [-0.4, -0.2) is 47.9 Å². The quantitative estimate of drug-likeness (QED) is 0.482. The van der Waals surface area contributed by atoms with Crippen molar-refractivity contribution in [2.45, 2.75) is 0 Å². The smallest absolute Gasteiger partial charge is 0.270 e. The van der Waals surface area contributed by atoms with Crippen molar-refractivity contribution in [1.29, 1.82) is 0 Å². The van der Waals surface area contributed by atoms with Crippen LogP contribution in [0.25, 0.3) is 6.08 Å². The minimum absolute atomic E-state index is 0.0656. The lowest BCUT2D eigenvalue weighted by Gasteiger charge is -2.27. The average Bonchev–Trinajstić information content (AvgIpc) is 3.23. The van der Waals surface area contributed by atoms with E-state index in [4.69, 9.17) is 4.74 Å². The van der Waals surface area contributed by atoms with Gasteiger partial charge < -0.3 is 15.0 Å². The maximum atomic E-state index is 12.9. The molecule has 1 aliphatic heterocycles. The third kappa shape index (κ3) is 4.78. The molecular formula is C18H17N3O5S. The average molecular weight is 387 g/mol.